The van der Waals surface area contributed by atoms with Crippen LogP contribution in [0.25, 0.3) is 0 Å². The lowest BCUT2D eigenvalue weighted by molar-refractivity contribution is -0.134. The molecule has 1 atom stereocenters. The summed E-state index contributed by atoms with van der Waals surface area (Å²) in [5.41, 5.74) is 2.30. The van der Waals surface area contributed by atoms with E-state index in [0.29, 0.717) is 4.58 Å². The number of thioether (sulfide) groups is 2. The molecular weight excluding hydrogens is 376 g/mol. The quantitative estimate of drug-likeness (QED) is 0.728. The number of hydrogen-bond acceptors (Lipinski definition) is 5. The number of hydrogen-bond donors (Lipinski definition) is 0. The average Bonchev–Trinajstić information content (AvgIpc) is 3.24. The van der Waals surface area contributed by atoms with Gasteiger partial charge in [-0.2, -0.15) is 0 Å². The number of benzene rings is 1. The molecule has 2 saturated heterocycles. The van der Waals surface area contributed by atoms with Crippen molar-refractivity contribution >= 4 is 29.4 Å². The van der Waals surface area contributed by atoms with Gasteiger partial charge in [0.25, 0.3) is 5.91 Å². The van der Waals surface area contributed by atoms with Crippen LogP contribution >= 0.6 is 23.5 Å². The predicted molar refractivity (Wildman–Crippen MR) is 112 cm³/mol. The zero-order valence-corrected chi connectivity index (χ0v) is 16.9. The van der Waals surface area contributed by atoms with Gasteiger partial charge in [0.2, 0.25) is 0 Å². The third-order valence-electron chi connectivity index (χ3n) is 4.94. The zero-order chi connectivity index (χ0) is 18.5. The molecular formula is C21H24N2O2S2. The Balaban J connectivity index is 1.33. The van der Waals surface area contributed by atoms with E-state index >= 15 is 0 Å². The Morgan fingerprint density at radius 1 is 1.11 bits per heavy atom. The first-order chi connectivity index (χ1) is 13.3. The minimum absolute atomic E-state index is 0.0330. The van der Waals surface area contributed by atoms with Crippen molar-refractivity contribution in [3.63, 3.8) is 0 Å². The third-order valence-corrected chi connectivity index (χ3v) is 7.96. The molecule has 0 bridgehead atoms. The molecule has 0 aliphatic carbocycles. The van der Waals surface area contributed by atoms with Gasteiger partial charge in [-0.15, -0.1) is 23.5 Å². The summed E-state index contributed by atoms with van der Waals surface area (Å²) in [6, 6.07) is 14.2. The number of likely N-dealkylation sites (tertiary alicyclic amines) is 1. The maximum Gasteiger partial charge on any atom is 0.261 e. The minimum atomic E-state index is 0.0330. The molecule has 0 saturated carbocycles. The van der Waals surface area contributed by atoms with E-state index in [0.717, 1.165) is 30.8 Å². The maximum absolute atomic E-state index is 12.7. The van der Waals surface area contributed by atoms with Crippen LogP contribution in [-0.4, -0.2) is 40.4 Å². The van der Waals surface area contributed by atoms with E-state index in [2.05, 4.69) is 17.1 Å². The number of amides is 1. The highest BCUT2D eigenvalue weighted by Crippen LogP contribution is 2.43. The van der Waals surface area contributed by atoms with Gasteiger partial charge in [-0.05, 0) is 60.6 Å². The van der Waals surface area contributed by atoms with E-state index < -0.39 is 0 Å². The Bertz CT molecular complexity index is 749. The summed E-state index contributed by atoms with van der Waals surface area (Å²) in [6.07, 6.45) is 5.06. The van der Waals surface area contributed by atoms with Crippen molar-refractivity contribution < 1.29 is 9.53 Å². The monoisotopic (exact) mass is 400 g/mol. The van der Waals surface area contributed by atoms with E-state index in [9.17, 15) is 4.79 Å². The Kier molecular flexibility index (Phi) is 6.24. The normalized spacial score (nSPS) is 20.6. The van der Waals surface area contributed by atoms with Gasteiger partial charge >= 0.3 is 0 Å². The number of pyridine rings is 1. The molecule has 0 radical (unpaired) electrons. The highest BCUT2D eigenvalue weighted by molar-refractivity contribution is 8.16. The Labute approximate surface area is 169 Å². The second-order valence-electron chi connectivity index (χ2n) is 6.78. The number of aromatic nitrogens is 1. The molecule has 2 aliphatic rings. The minimum Gasteiger partial charge on any atom is -0.484 e. The third kappa shape index (κ3) is 4.61. The second kappa shape index (κ2) is 9.02. The molecule has 1 aromatic carbocycles. The average molecular weight is 401 g/mol. The van der Waals surface area contributed by atoms with E-state index in [1.54, 1.807) is 6.20 Å². The second-order valence-corrected chi connectivity index (χ2v) is 9.51. The van der Waals surface area contributed by atoms with Crippen molar-refractivity contribution in [2.45, 2.75) is 29.9 Å². The molecule has 6 heteroatoms. The number of nitrogens with zero attached hydrogens (tertiary/aromatic N) is 2. The molecule has 4 nitrogen and oxygen atoms in total. The summed E-state index contributed by atoms with van der Waals surface area (Å²) < 4.78 is 6.31. The lowest BCUT2D eigenvalue weighted by atomic mass is 10.1. The van der Waals surface area contributed by atoms with Crippen molar-refractivity contribution in [1.29, 1.82) is 0 Å². The van der Waals surface area contributed by atoms with Gasteiger partial charge in [-0.1, -0.05) is 18.2 Å². The summed E-state index contributed by atoms with van der Waals surface area (Å²) in [7, 11) is 0. The van der Waals surface area contributed by atoms with E-state index in [-0.39, 0.29) is 18.6 Å². The maximum atomic E-state index is 12.7. The first-order valence-electron chi connectivity index (χ1n) is 9.47. The van der Waals surface area contributed by atoms with Crippen LogP contribution in [-0.2, 0) is 4.79 Å². The molecule has 1 amide bonds. The topological polar surface area (TPSA) is 42.4 Å². The summed E-state index contributed by atoms with van der Waals surface area (Å²) in [5, 5.41) is 0. The number of ether oxygens (including phenoxy) is 1. The fourth-order valence-electron chi connectivity index (χ4n) is 3.58. The molecule has 2 fully saturated rings. The van der Waals surface area contributed by atoms with Crippen LogP contribution in [0.4, 0.5) is 0 Å². The van der Waals surface area contributed by atoms with Crippen molar-refractivity contribution in [2.24, 2.45) is 0 Å². The molecule has 2 aliphatic heterocycles. The molecule has 0 N–H and O–H groups in total. The van der Waals surface area contributed by atoms with Gasteiger partial charge < -0.3 is 9.64 Å². The molecule has 2 aromatic rings. The van der Waals surface area contributed by atoms with E-state index in [1.807, 2.05) is 58.8 Å². The fourth-order valence-corrected chi connectivity index (χ4v) is 6.47. The molecule has 142 valence electrons. The summed E-state index contributed by atoms with van der Waals surface area (Å²) in [4.78, 5) is 19.0. The van der Waals surface area contributed by atoms with Gasteiger partial charge in [0.1, 0.15) is 5.75 Å². The Hall–Kier alpha value is -1.66. The van der Waals surface area contributed by atoms with Crippen molar-refractivity contribution in [3.8, 4) is 5.75 Å². The van der Waals surface area contributed by atoms with Gasteiger partial charge in [0.15, 0.2) is 6.61 Å². The van der Waals surface area contributed by atoms with Crippen LogP contribution in [0.5, 0.6) is 5.75 Å². The van der Waals surface area contributed by atoms with Crippen LogP contribution in [0.3, 0.4) is 0 Å². The van der Waals surface area contributed by atoms with Crippen molar-refractivity contribution in [3.05, 3.63) is 59.9 Å². The van der Waals surface area contributed by atoms with E-state index in [4.69, 9.17) is 4.74 Å². The molecule has 3 heterocycles. The van der Waals surface area contributed by atoms with Crippen LogP contribution in [0.2, 0.25) is 0 Å². The van der Waals surface area contributed by atoms with Crippen molar-refractivity contribution in [2.75, 3.05) is 24.7 Å². The Morgan fingerprint density at radius 2 is 1.93 bits per heavy atom. The molecule has 27 heavy (non-hydrogen) atoms. The standard InChI is InChI=1S/C21H24N2O2S2/c24-20(23-12-3-6-19(23)18-5-1-2-11-22-18)15-25-17-9-7-16(8-10-17)21-26-13-4-14-27-21/h1-2,5,7-11,19,21H,3-4,6,12-15H2/t19-/m1/s1. The first-order valence-corrected chi connectivity index (χ1v) is 11.6. The smallest absolute Gasteiger partial charge is 0.261 e. The fraction of sp³-hybridized carbons (Fsp3) is 0.429. The highest BCUT2D eigenvalue weighted by atomic mass is 32.2. The molecule has 4 rings (SSSR count). The van der Waals surface area contributed by atoms with Crippen molar-refractivity contribution in [1.82, 2.24) is 9.88 Å². The number of carbonyl (C=O) groups is 1. The van der Waals surface area contributed by atoms with Crippen LogP contribution < -0.4 is 4.74 Å². The van der Waals surface area contributed by atoms with Crippen LogP contribution in [0.1, 0.15) is 41.1 Å². The zero-order valence-electron chi connectivity index (χ0n) is 15.3. The van der Waals surface area contributed by atoms with Gasteiger partial charge in [-0.25, -0.2) is 0 Å². The highest BCUT2D eigenvalue weighted by Gasteiger charge is 2.30. The predicted octanol–water partition coefficient (Wildman–Crippen LogP) is 4.69. The SMILES string of the molecule is O=C(COc1ccc(C2SCCCS2)cc1)N1CCC[C@@H]1c1ccccn1. The largest absolute Gasteiger partial charge is 0.484 e. The van der Waals surface area contributed by atoms with Gasteiger partial charge in [0.05, 0.1) is 16.3 Å². The number of carbonyl (C=O) groups excluding carboxylic acids is 1. The van der Waals surface area contributed by atoms with Gasteiger partial charge in [-0.3, -0.25) is 9.78 Å². The van der Waals surface area contributed by atoms with E-state index in [1.165, 1.54) is 23.5 Å². The van der Waals surface area contributed by atoms with Crippen LogP contribution in [0.15, 0.2) is 48.7 Å². The lowest BCUT2D eigenvalue weighted by Gasteiger charge is -2.24. The Morgan fingerprint density at radius 3 is 2.67 bits per heavy atom. The molecule has 0 spiro atoms. The first kappa shape index (κ1) is 18.7. The lowest BCUT2D eigenvalue weighted by Crippen LogP contribution is -2.34. The summed E-state index contributed by atoms with van der Waals surface area (Å²) in [5.74, 6) is 3.26. The summed E-state index contributed by atoms with van der Waals surface area (Å²) in [6.45, 7) is 0.855. The molecule has 1 aromatic heterocycles. The number of rotatable bonds is 5. The van der Waals surface area contributed by atoms with Gasteiger partial charge in [0, 0.05) is 12.7 Å². The summed E-state index contributed by atoms with van der Waals surface area (Å²) >= 11 is 4.02. The van der Waals surface area contributed by atoms with Crippen LogP contribution in [0, 0.1) is 0 Å². The molecule has 0 unspecified atom stereocenters.